The molecule has 0 aromatic carbocycles. The first-order valence-corrected chi connectivity index (χ1v) is 5.26. The average molecular weight is 191 g/mol. The maximum atomic E-state index is 9.07. The molecule has 0 radical (unpaired) electrons. The van der Waals surface area contributed by atoms with E-state index in [0.717, 1.165) is 19.3 Å². The summed E-state index contributed by atoms with van der Waals surface area (Å²) in [5, 5.41) is 9.07. The van der Waals surface area contributed by atoms with Crippen molar-refractivity contribution >= 4 is 0 Å². The number of unbranched alkanes of at least 4 members (excludes halogenated alkanes) is 1. The van der Waals surface area contributed by atoms with Crippen LogP contribution in [0.25, 0.3) is 0 Å². The Bertz CT molecular complexity index is 251. The SMILES string of the molecule is CCC/C=C/C(C)(C#N)CC=C(C)C. The normalized spacial score (nSPS) is 14.8. The Hall–Kier alpha value is -1.03. The van der Waals surface area contributed by atoms with Crippen molar-refractivity contribution in [2.24, 2.45) is 5.41 Å². The van der Waals surface area contributed by atoms with Gasteiger partial charge in [0.1, 0.15) is 0 Å². The summed E-state index contributed by atoms with van der Waals surface area (Å²) in [6, 6.07) is 2.36. The molecule has 1 unspecified atom stereocenters. The molecule has 0 aromatic heterocycles. The molecule has 0 N–H and O–H groups in total. The molecule has 0 rings (SSSR count). The minimum absolute atomic E-state index is 0.327. The lowest BCUT2D eigenvalue weighted by atomic mass is 9.87. The summed E-state index contributed by atoms with van der Waals surface area (Å²) >= 11 is 0. The number of allylic oxidation sites excluding steroid dienone is 4. The molecule has 14 heavy (non-hydrogen) atoms. The van der Waals surface area contributed by atoms with Crippen LogP contribution in [0, 0.1) is 16.7 Å². The number of nitrogens with zero attached hydrogens (tertiary/aromatic N) is 1. The van der Waals surface area contributed by atoms with E-state index in [1.807, 2.05) is 13.0 Å². The molecule has 0 fully saturated rings. The number of hydrogen-bond donors (Lipinski definition) is 0. The zero-order valence-electron chi connectivity index (χ0n) is 9.80. The summed E-state index contributed by atoms with van der Waals surface area (Å²) in [5.41, 5.74) is 0.947. The Labute approximate surface area is 88.1 Å². The highest BCUT2D eigenvalue weighted by molar-refractivity contribution is 5.14. The standard InChI is InChI=1S/C13H21N/c1-5-6-7-9-13(4,11-14)10-8-12(2)3/h7-9H,5-6,10H2,1-4H3/b9-7+. The minimum atomic E-state index is -0.327. The molecule has 1 heteroatoms. The van der Waals surface area contributed by atoms with Crippen LogP contribution in [0.3, 0.4) is 0 Å². The van der Waals surface area contributed by atoms with Crippen molar-refractivity contribution in [3.05, 3.63) is 23.8 Å². The molecule has 78 valence electrons. The van der Waals surface area contributed by atoms with Gasteiger partial charge in [-0.1, -0.05) is 37.1 Å². The molecule has 0 aromatic rings. The Morgan fingerprint density at radius 1 is 1.43 bits per heavy atom. The van der Waals surface area contributed by atoms with Gasteiger partial charge in [-0.25, -0.2) is 0 Å². The zero-order chi connectivity index (χ0) is 11.0. The van der Waals surface area contributed by atoms with Crippen LogP contribution < -0.4 is 0 Å². The molecule has 0 bridgehead atoms. The highest BCUT2D eigenvalue weighted by Gasteiger charge is 2.17. The third kappa shape index (κ3) is 5.59. The predicted octanol–water partition coefficient (Wildman–Crippen LogP) is 4.23. The van der Waals surface area contributed by atoms with E-state index in [1.54, 1.807) is 0 Å². The van der Waals surface area contributed by atoms with Gasteiger partial charge < -0.3 is 0 Å². The third-order valence-corrected chi connectivity index (χ3v) is 2.13. The minimum Gasteiger partial charge on any atom is -0.197 e. The lowest BCUT2D eigenvalue weighted by Gasteiger charge is -2.14. The predicted molar refractivity (Wildman–Crippen MR) is 61.8 cm³/mol. The average Bonchev–Trinajstić information content (AvgIpc) is 2.15. The molecule has 0 aliphatic carbocycles. The van der Waals surface area contributed by atoms with Gasteiger partial charge in [-0.2, -0.15) is 5.26 Å². The van der Waals surface area contributed by atoms with Gasteiger partial charge in [-0.05, 0) is 33.6 Å². The van der Waals surface area contributed by atoms with Gasteiger partial charge in [0.2, 0.25) is 0 Å². The maximum absolute atomic E-state index is 9.07. The lowest BCUT2D eigenvalue weighted by Crippen LogP contribution is -2.08. The van der Waals surface area contributed by atoms with Gasteiger partial charge in [-0.3, -0.25) is 0 Å². The second kappa shape index (κ2) is 6.43. The largest absolute Gasteiger partial charge is 0.197 e. The number of nitriles is 1. The molecule has 1 atom stereocenters. The third-order valence-electron chi connectivity index (χ3n) is 2.13. The van der Waals surface area contributed by atoms with E-state index in [-0.39, 0.29) is 5.41 Å². The Morgan fingerprint density at radius 2 is 2.07 bits per heavy atom. The smallest absolute Gasteiger partial charge is 0.0759 e. The van der Waals surface area contributed by atoms with Crippen molar-refractivity contribution in [3.63, 3.8) is 0 Å². The van der Waals surface area contributed by atoms with E-state index in [4.69, 9.17) is 5.26 Å². The van der Waals surface area contributed by atoms with Gasteiger partial charge >= 0.3 is 0 Å². The molecular formula is C13H21N. The highest BCUT2D eigenvalue weighted by atomic mass is 14.3. The van der Waals surface area contributed by atoms with E-state index in [1.165, 1.54) is 5.57 Å². The van der Waals surface area contributed by atoms with Gasteiger partial charge in [-0.15, -0.1) is 0 Å². The number of hydrogen-bond acceptors (Lipinski definition) is 1. The topological polar surface area (TPSA) is 23.8 Å². The van der Waals surface area contributed by atoms with Crippen molar-refractivity contribution in [2.45, 2.75) is 47.0 Å². The van der Waals surface area contributed by atoms with E-state index in [0.29, 0.717) is 0 Å². The van der Waals surface area contributed by atoms with Crippen LogP contribution in [0.4, 0.5) is 0 Å². The second-order valence-corrected chi connectivity index (χ2v) is 4.21. The quantitative estimate of drug-likeness (QED) is 0.596. The molecular weight excluding hydrogens is 170 g/mol. The van der Waals surface area contributed by atoms with Crippen LogP contribution in [0.15, 0.2) is 23.8 Å². The zero-order valence-corrected chi connectivity index (χ0v) is 9.80. The maximum Gasteiger partial charge on any atom is 0.0759 e. The Balaban J connectivity index is 4.34. The fourth-order valence-electron chi connectivity index (χ4n) is 1.08. The lowest BCUT2D eigenvalue weighted by molar-refractivity contribution is 0.574. The fraction of sp³-hybridized carbons (Fsp3) is 0.615. The Kier molecular flexibility index (Phi) is 5.95. The van der Waals surface area contributed by atoms with Crippen LogP contribution in [0.2, 0.25) is 0 Å². The molecule has 0 spiro atoms. The molecule has 0 saturated carbocycles. The van der Waals surface area contributed by atoms with E-state index in [9.17, 15) is 0 Å². The summed E-state index contributed by atoms with van der Waals surface area (Å²) in [6.45, 7) is 8.25. The van der Waals surface area contributed by atoms with E-state index in [2.05, 4.69) is 39.0 Å². The first kappa shape index (κ1) is 13.0. The first-order chi connectivity index (χ1) is 6.54. The van der Waals surface area contributed by atoms with E-state index < -0.39 is 0 Å². The van der Waals surface area contributed by atoms with Gasteiger partial charge in [0.25, 0.3) is 0 Å². The van der Waals surface area contributed by atoms with Crippen LogP contribution >= 0.6 is 0 Å². The highest BCUT2D eigenvalue weighted by Crippen LogP contribution is 2.23. The summed E-state index contributed by atoms with van der Waals surface area (Å²) < 4.78 is 0. The number of rotatable bonds is 5. The van der Waals surface area contributed by atoms with Gasteiger partial charge in [0, 0.05) is 0 Å². The molecule has 0 saturated heterocycles. The van der Waals surface area contributed by atoms with Gasteiger partial charge in [0.15, 0.2) is 0 Å². The second-order valence-electron chi connectivity index (χ2n) is 4.21. The van der Waals surface area contributed by atoms with Crippen molar-refractivity contribution in [2.75, 3.05) is 0 Å². The van der Waals surface area contributed by atoms with Crippen molar-refractivity contribution < 1.29 is 0 Å². The fourth-order valence-corrected chi connectivity index (χ4v) is 1.08. The molecule has 0 heterocycles. The molecule has 0 aliphatic heterocycles. The van der Waals surface area contributed by atoms with Crippen LogP contribution in [0.5, 0.6) is 0 Å². The summed E-state index contributed by atoms with van der Waals surface area (Å²) in [4.78, 5) is 0. The molecule has 1 nitrogen and oxygen atoms in total. The summed E-state index contributed by atoms with van der Waals surface area (Å²) in [5.74, 6) is 0. The van der Waals surface area contributed by atoms with Crippen molar-refractivity contribution in [1.82, 2.24) is 0 Å². The first-order valence-electron chi connectivity index (χ1n) is 5.26. The van der Waals surface area contributed by atoms with Crippen molar-refractivity contribution in [1.29, 1.82) is 5.26 Å². The monoisotopic (exact) mass is 191 g/mol. The van der Waals surface area contributed by atoms with Crippen LogP contribution in [-0.2, 0) is 0 Å². The van der Waals surface area contributed by atoms with Crippen molar-refractivity contribution in [3.8, 4) is 6.07 Å². The van der Waals surface area contributed by atoms with Crippen LogP contribution in [-0.4, -0.2) is 0 Å². The molecule has 0 aliphatic rings. The Morgan fingerprint density at radius 3 is 2.50 bits per heavy atom. The van der Waals surface area contributed by atoms with Gasteiger partial charge in [0.05, 0.1) is 11.5 Å². The summed E-state index contributed by atoms with van der Waals surface area (Å²) in [7, 11) is 0. The van der Waals surface area contributed by atoms with E-state index >= 15 is 0 Å². The summed E-state index contributed by atoms with van der Waals surface area (Å²) in [6.07, 6.45) is 9.29. The molecule has 0 amide bonds. The van der Waals surface area contributed by atoms with Crippen LogP contribution in [0.1, 0.15) is 47.0 Å².